The number of hydrogen-bond acceptors (Lipinski definition) is 2. The molecule has 1 aromatic rings. The molecule has 0 fully saturated rings. The third-order valence-corrected chi connectivity index (χ3v) is 4.79. The second-order valence-corrected chi connectivity index (χ2v) is 7.87. The Morgan fingerprint density at radius 2 is 1.94 bits per heavy atom. The normalized spacial score (nSPS) is 12.7. The minimum Gasteiger partial charge on any atom is -0.211 e. The van der Waals surface area contributed by atoms with E-state index in [1.165, 1.54) is 6.07 Å². The molecule has 0 aliphatic carbocycles. The lowest BCUT2D eigenvalue weighted by molar-refractivity contribution is 0.378. The van der Waals surface area contributed by atoms with Gasteiger partial charge in [-0.05, 0) is 46.0 Å². The number of rotatable bonds is 4. The monoisotopic (exact) mass is 337 g/mol. The zero-order chi connectivity index (χ0) is 14.0. The molecule has 0 bridgehead atoms. The van der Waals surface area contributed by atoms with Crippen molar-refractivity contribution in [3.8, 4) is 0 Å². The highest BCUT2D eigenvalue weighted by Gasteiger charge is 2.19. The second-order valence-electron chi connectivity index (χ2n) is 5.28. The van der Waals surface area contributed by atoms with Gasteiger partial charge in [0.05, 0.1) is 4.90 Å². The van der Waals surface area contributed by atoms with Crippen LogP contribution >= 0.6 is 15.9 Å². The molecule has 102 valence electrons. The lowest BCUT2D eigenvalue weighted by atomic mass is 9.93. The van der Waals surface area contributed by atoms with E-state index in [0.717, 1.165) is 18.6 Å². The van der Waals surface area contributed by atoms with Crippen molar-refractivity contribution in [1.82, 2.24) is 4.72 Å². The standard InChI is InChI=1S/C12H17BrFNO2S/c1-12(2,3)6-7-15-18(16,17)11-5-4-9(14)8-10(11)13/h4-5,8,15H,6-7H2,1-3H3. The van der Waals surface area contributed by atoms with E-state index in [9.17, 15) is 12.8 Å². The van der Waals surface area contributed by atoms with Crippen LogP contribution in [-0.4, -0.2) is 15.0 Å². The highest BCUT2D eigenvalue weighted by atomic mass is 79.9. The molecule has 0 radical (unpaired) electrons. The van der Waals surface area contributed by atoms with Crippen molar-refractivity contribution in [2.24, 2.45) is 5.41 Å². The van der Waals surface area contributed by atoms with Crippen LogP contribution in [0.15, 0.2) is 27.6 Å². The number of sulfonamides is 1. The van der Waals surface area contributed by atoms with E-state index in [-0.39, 0.29) is 14.8 Å². The molecule has 0 amide bonds. The minimum atomic E-state index is -3.59. The van der Waals surface area contributed by atoms with Crippen LogP contribution in [0.25, 0.3) is 0 Å². The Morgan fingerprint density at radius 3 is 2.44 bits per heavy atom. The third-order valence-electron chi connectivity index (χ3n) is 2.35. The van der Waals surface area contributed by atoms with E-state index in [1.54, 1.807) is 0 Å². The van der Waals surface area contributed by atoms with Crippen LogP contribution in [0, 0.1) is 11.2 Å². The smallest absolute Gasteiger partial charge is 0.211 e. The van der Waals surface area contributed by atoms with Gasteiger partial charge < -0.3 is 0 Å². The molecule has 0 heterocycles. The molecule has 18 heavy (non-hydrogen) atoms. The SMILES string of the molecule is CC(C)(C)CCNS(=O)(=O)c1ccc(F)cc1Br. The van der Waals surface area contributed by atoms with Crippen molar-refractivity contribution in [1.29, 1.82) is 0 Å². The van der Waals surface area contributed by atoms with Crippen molar-refractivity contribution in [2.45, 2.75) is 32.1 Å². The second kappa shape index (κ2) is 5.67. The van der Waals surface area contributed by atoms with Gasteiger partial charge in [0.1, 0.15) is 5.82 Å². The fourth-order valence-electron chi connectivity index (χ4n) is 1.33. The van der Waals surface area contributed by atoms with Gasteiger partial charge in [0, 0.05) is 11.0 Å². The van der Waals surface area contributed by atoms with Gasteiger partial charge in [-0.3, -0.25) is 0 Å². The van der Waals surface area contributed by atoms with E-state index in [0.29, 0.717) is 6.54 Å². The van der Waals surface area contributed by atoms with E-state index < -0.39 is 15.8 Å². The largest absolute Gasteiger partial charge is 0.241 e. The van der Waals surface area contributed by atoms with Crippen molar-refractivity contribution < 1.29 is 12.8 Å². The number of nitrogens with one attached hydrogen (secondary N) is 1. The minimum absolute atomic E-state index is 0.0535. The van der Waals surface area contributed by atoms with Crippen molar-refractivity contribution in [3.63, 3.8) is 0 Å². The Hall–Kier alpha value is -0.460. The first kappa shape index (κ1) is 15.6. The summed E-state index contributed by atoms with van der Waals surface area (Å²) in [7, 11) is -3.59. The molecule has 1 N–H and O–H groups in total. The summed E-state index contributed by atoms with van der Waals surface area (Å²) < 4.78 is 39.6. The molecule has 0 unspecified atom stereocenters. The van der Waals surface area contributed by atoms with Crippen LogP contribution in [0.5, 0.6) is 0 Å². The maximum atomic E-state index is 12.9. The van der Waals surface area contributed by atoms with Crippen molar-refractivity contribution in [3.05, 3.63) is 28.5 Å². The summed E-state index contributed by atoms with van der Waals surface area (Å²) >= 11 is 3.06. The Kier molecular flexibility index (Phi) is 4.91. The average Bonchev–Trinajstić information content (AvgIpc) is 2.13. The number of benzene rings is 1. The van der Waals surface area contributed by atoms with E-state index in [4.69, 9.17) is 0 Å². The first-order valence-electron chi connectivity index (χ1n) is 5.56. The summed E-state index contributed by atoms with van der Waals surface area (Å²) in [6.07, 6.45) is 0.727. The molecule has 1 aromatic carbocycles. The maximum Gasteiger partial charge on any atom is 0.241 e. The molecule has 3 nitrogen and oxygen atoms in total. The van der Waals surface area contributed by atoms with Gasteiger partial charge in [0.25, 0.3) is 0 Å². The van der Waals surface area contributed by atoms with Crippen LogP contribution in [0.4, 0.5) is 4.39 Å². The molecule has 0 aromatic heterocycles. The molecular formula is C12H17BrFNO2S. The Balaban J connectivity index is 2.81. The highest BCUT2D eigenvalue weighted by molar-refractivity contribution is 9.10. The van der Waals surface area contributed by atoms with Crippen LogP contribution in [0.2, 0.25) is 0 Å². The van der Waals surface area contributed by atoms with E-state index in [2.05, 4.69) is 20.7 Å². The molecule has 0 aliphatic heterocycles. The van der Waals surface area contributed by atoms with Crippen LogP contribution in [0.1, 0.15) is 27.2 Å². The summed E-state index contributed by atoms with van der Waals surface area (Å²) in [6, 6.07) is 3.51. The Morgan fingerprint density at radius 1 is 1.33 bits per heavy atom. The van der Waals surface area contributed by atoms with Crippen LogP contribution in [0.3, 0.4) is 0 Å². The zero-order valence-electron chi connectivity index (χ0n) is 10.6. The van der Waals surface area contributed by atoms with Gasteiger partial charge in [-0.2, -0.15) is 0 Å². The molecule has 1 rings (SSSR count). The topological polar surface area (TPSA) is 46.2 Å². The number of hydrogen-bond donors (Lipinski definition) is 1. The van der Waals surface area contributed by atoms with Crippen LogP contribution in [-0.2, 0) is 10.0 Å². The summed E-state index contributed by atoms with van der Waals surface area (Å²) in [5.41, 5.74) is 0.0581. The molecule has 0 aliphatic rings. The zero-order valence-corrected chi connectivity index (χ0v) is 13.0. The number of halogens is 2. The highest BCUT2D eigenvalue weighted by Crippen LogP contribution is 2.23. The van der Waals surface area contributed by atoms with Crippen LogP contribution < -0.4 is 4.72 Å². The summed E-state index contributed by atoms with van der Waals surface area (Å²) in [6.45, 7) is 6.47. The maximum absolute atomic E-state index is 12.9. The molecule has 0 spiro atoms. The van der Waals surface area contributed by atoms with Gasteiger partial charge in [0.15, 0.2) is 0 Å². The first-order valence-corrected chi connectivity index (χ1v) is 7.84. The van der Waals surface area contributed by atoms with Gasteiger partial charge in [-0.1, -0.05) is 20.8 Å². The van der Waals surface area contributed by atoms with E-state index in [1.807, 2.05) is 20.8 Å². The summed E-state index contributed by atoms with van der Waals surface area (Å²) in [5.74, 6) is -0.476. The molecule has 0 saturated carbocycles. The fourth-order valence-corrected chi connectivity index (χ4v) is 3.41. The third kappa shape index (κ3) is 4.66. The lowest BCUT2D eigenvalue weighted by Gasteiger charge is -2.18. The van der Waals surface area contributed by atoms with Gasteiger partial charge in [0.2, 0.25) is 10.0 Å². The molecule has 0 saturated heterocycles. The summed E-state index contributed by atoms with van der Waals surface area (Å²) in [4.78, 5) is 0.0535. The average molecular weight is 338 g/mol. The predicted octanol–water partition coefficient (Wildman–Crippen LogP) is 3.30. The molecule has 6 heteroatoms. The van der Waals surface area contributed by atoms with Crippen molar-refractivity contribution >= 4 is 26.0 Å². The van der Waals surface area contributed by atoms with Gasteiger partial charge in [-0.15, -0.1) is 0 Å². The Bertz CT molecular complexity index is 523. The molecule has 0 atom stereocenters. The quantitative estimate of drug-likeness (QED) is 0.916. The van der Waals surface area contributed by atoms with Crippen molar-refractivity contribution in [2.75, 3.05) is 6.54 Å². The van der Waals surface area contributed by atoms with Gasteiger partial charge >= 0.3 is 0 Å². The summed E-state index contributed by atoms with van der Waals surface area (Å²) in [5, 5.41) is 0. The first-order chi connectivity index (χ1) is 8.12. The van der Waals surface area contributed by atoms with E-state index >= 15 is 0 Å². The molecular weight excluding hydrogens is 321 g/mol. The Labute approximate surface area is 116 Å². The fraction of sp³-hybridized carbons (Fsp3) is 0.500. The predicted molar refractivity (Wildman–Crippen MR) is 73.4 cm³/mol. The lowest BCUT2D eigenvalue weighted by Crippen LogP contribution is -2.27. The van der Waals surface area contributed by atoms with Gasteiger partial charge in [-0.25, -0.2) is 17.5 Å².